The zero-order valence-corrected chi connectivity index (χ0v) is 16.5. The lowest BCUT2D eigenvalue weighted by Gasteiger charge is -2.19. The van der Waals surface area contributed by atoms with Crippen molar-refractivity contribution in [2.24, 2.45) is 5.73 Å². The van der Waals surface area contributed by atoms with Gasteiger partial charge >= 0.3 is 0 Å². The maximum atomic E-state index is 12.4. The van der Waals surface area contributed by atoms with Gasteiger partial charge in [-0.05, 0) is 17.9 Å². The van der Waals surface area contributed by atoms with E-state index in [2.05, 4.69) is 17.6 Å². The molecule has 0 bridgehead atoms. The normalized spacial score (nSPS) is 12.8. The third-order valence-corrected chi connectivity index (χ3v) is 4.52. The SMILES string of the molecule is CCCCCCCC(=O)N[C@H](CC(N)=O)C(=O)NC[C@@H](C)c1ccccc1. The molecule has 150 valence electrons. The summed E-state index contributed by atoms with van der Waals surface area (Å²) in [6.45, 7) is 4.57. The predicted octanol–water partition coefficient (Wildman–Crippen LogP) is 2.63. The molecule has 0 heterocycles. The molecule has 3 amide bonds. The van der Waals surface area contributed by atoms with Crippen LogP contribution in [0.15, 0.2) is 30.3 Å². The zero-order valence-electron chi connectivity index (χ0n) is 16.5. The number of carbonyl (C=O) groups is 3. The maximum Gasteiger partial charge on any atom is 0.243 e. The average molecular weight is 376 g/mol. The number of nitrogens with one attached hydrogen (secondary N) is 2. The number of unbranched alkanes of at least 4 members (excludes halogenated alkanes) is 4. The van der Waals surface area contributed by atoms with E-state index < -0.39 is 11.9 Å². The minimum atomic E-state index is -0.923. The molecule has 6 nitrogen and oxygen atoms in total. The molecule has 4 N–H and O–H groups in total. The minimum Gasteiger partial charge on any atom is -0.370 e. The van der Waals surface area contributed by atoms with Gasteiger partial charge < -0.3 is 16.4 Å². The topological polar surface area (TPSA) is 101 Å². The van der Waals surface area contributed by atoms with E-state index in [0.29, 0.717) is 13.0 Å². The highest BCUT2D eigenvalue weighted by Gasteiger charge is 2.23. The van der Waals surface area contributed by atoms with Crippen molar-refractivity contribution >= 4 is 17.7 Å². The third kappa shape index (κ3) is 9.78. The first-order valence-corrected chi connectivity index (χ1v) is 9.84. The van der Waals surface area contributed by atoms with Crippen molar-refractivity contribution in [3.63, 3.8) is 0 Å². The summed E-state index contributed by atoms with van der Waals surface area (Å²) < 4.78 is 0. The molecule has 0 radical (unpaired) electrons. The molecular weight excluding hydrogens is 342 g/mol. The van der Waals surface area contributed by atoms with Crippen molar-refractivity contribution in [2.45, 2.75) is 70.8 Å². The quantitative estimate of drug-likeness (QED) is 0.462. The lowest BCUT2D eigenvalue weighted by molar-refractivity contribution is -0.131. The number of primary amides is 1. The summed E-state index contributed by atoms with van der Waals surface area (Å²) in [5, 5.41) is 5.47. The highest BCUT2D eigenvalue weighted by atomic mass is 16.2. The molecule has 1 rings (SSSR count). The van der Waals surface area contributed by atoms with Gasteiger partial charge in [-0.1, -0.05) is 69.9 Å². The third-order valence-electron chi connectivity index (χ3n) is 4.52. The molecule has 6 heteroatoms. The molecule has 1 aromatic rings. The first-order chi connectivity index (χ1) is 12.9. The van der Waals surface area contributed by atoms with E-state index in [-0.39, 0.29) is 24.2 Å². The van der Waals surface area contributed by atoms with Crippen LogP contribution in [0.25, 0.3) is 0 Å². The number of hydrogen-bond acceptors (Lipinski definition) is 3. The van der Waals surface area contributed by atoms with Gasteiger partial charge in [-0.25, -0.2) is 0 Å². The summed E-state index contributed by atoms with van der Waals surface area (Å²) >= 11 is 0. The molecule has 0 aromatic heterocycles. The molecule has 0 aliphatic rings. The number of rotatable bonds is 13. The Morgan fingerprint density at radius 2 is 1.70 bits per heavy atom. The molecule has 0 fully saturated rings. The van der Waals surface area contributed by atoms with Crippen LogP contribution < -0.4 is 16.4 Å². The van der Waals surface area contributed by atoms with Crippen LogP contribution in [0.5, 0.6) is 0 Å². The molecular formula is C21H33N3O3. The van der Waals surface area contributed by atoms with Crippen LogP contribution in [0.3, 0.4) is 0 Å². The minimum absolute atomic E-state index is 0.124. The van der Waals surface area contributed by atoms with Crippen molar-refractivity contribution in [1.82, 2.24) is 10.6 Å². The Bertz CT molecular complexity index is 590. The van der Waals surface area contributed by atoms with Gasteiger partial charge in [-0.15, -0.1) is 0 Å². The van der Waals surface area contributed by atoms with Crippen molar-refractivity contribution in [3.8, 4) is 0 Å². The number of benzene rings is 1. The van der Waals surface area contributed by atoms with Crippen molar-refractivity contribution in [3.05, 3.63) is 35.9 Å². The average Bonchev–Trinajstić information content (AvgIpc) is 2.65. The molecule has 2 atom stereocenters. The van der Waals surface area contributed by atoms with E-state index in [1.165, 1.54) is 0 Å². The Kier molecular flexibility index (Phi) is 10.8. The van der Waals surface area contributed by atoms with E-state index in [4.69, 9.17) is 5.73 Å². The lowest BCUT2D eigenvalue weighted by atomic mass is 10.0. The van der Waals surface area contributed by atoms with Crippen LogP contribution in [0.2, 0.25) is 0 Å². The van der Waals surface area contributed by atoms with E-state index in [9.17, 15) is 14.4 Å². The van der Waals surface area contributed by atoms with E-state index in [1.807, 2.05) is 37.3 Å². The molecule has 0 unspecified atom stereocenters. The fraction of sp³-hybridized carbons (Fsp3) is 0.571. The lowest BCUT2D eigenvalue weighted by Crippen LogP contribution is -2.49. The van der Waals surface area contributed by atoms with Crippen LogP contribution in [0, 0.1) is 0 Å². The van der Waals surface area contributed by atoms with Gasteiger partial charge in [0.05, 0.1) is 6.42 Å². The Hall–Kier alpha value is -2.37. The standard InChI is InChI=1S/C21H33N3O3/c1-3-4-5-6-10-13-20(26)24-18(14-19(22)25)21(27)23-15-16(2)17-11-8-7-9-12-17/h7-9,11-12,16,18H,3-6,10,13-15H2,1-2H3,(H2,22,25)(H,23,27)(H,24,26)/t16-,18-/m1/s1. The zero-order chi connectivity index (χ0) is 20.1. The van der Waals surface area contributed by atoms with Crippen LogP contribution >= 0.6 is 0 Å². The second kappa shape index (κ2) is 12.9. The molecule has 0 aliphatic carbocycles. The first-order valence-electron chi connectivity index (χ1n) is 9.84. The van der Waals surface area contributed by atoms with Crippen molar-refractivity contribution < 1.29 is 14.4 Å². The first kappa shape index (κ1) is 22.7. The molecule has 0 saturated heterocycles. The summed E-state index contributed by atoms with van der Waals surface area (Å²) in [6.07, 6.45) is 5.33. The summed E-state index contributed by atoms with van der Waals surface area (Å²) in [7, 11) is 0. The second-order valence-electron chi connectivity index (χ2n) is 7.01. The number of carbonyl (C=O) groups excluding carboxylic acids is 3. The fourth-order valence-electron chi connectivity index (χ4n) is 2.84. The molecule has 27 heavy (non-hydrogen) atoms. The Balaban J connectivity index is 2.48. The Labute approximate surface area is 162 Å². The van der Waals surface area contributed by atoms with Crippen LogP contribution in [-0.2, 0) is 14.4 Å². The fourth-order valence-corrected chi connectivity index (χ4v) is 2.84. The maximum absolute atomic E-state index is 12.4. The summed E-state index contributed by atoms with van der Waals surface area (Å²) in [5.41, 5.74) is 6.35. The number of hydrogen-bond donors (Lipinski definition) is 3. The monoisotopic (exact) mass is 375 g/mol. The molecule has 1 aromatic carbocycles. The molecule has 0 spiro atoms. The Morgan fingerprint density at radius 3 is 2.33 bits per heavy atom. The van der Waals surface area contributed by atoms with Gasteiger partial charge in [-0.2, -0.15) is 0 Å². The Morgan fingerprint density at radius 1 is 1.04 bits per heavy atom. The summed E-state index contributed by atoms with van der Waals surface area (Å²) in [4.78, 5) is 35.8. The highest BCUT2D eigenvalue weighted by Crippen LogP contribution is 2.13. The van der Waals surface area contributed by atoms with Crippen molar-refractivity contribution in [2.75, 3.05) is 6.54 Å². The highest BCUT2D eigenvalue weighted by molar-refractivity contribution is 5.91. The van der Waals surface area contributed by atoms with E-state index in [0.717, 1.165) is 37.7 Å². The smallest absolute Gasteiger partial charge is 0.243 e. The van der Waals surface area contributed by atoms with E-state index in [1.54, 1.807) is 0 Å². The van der Waals surface area contributed by atoms with Crippen LogP contribution in [0.4, 0.5) is 0 Å². The molecule has 0 saturated carbocycles. The number of nitrogens with two attached hydrogens (primary N) is 1. The van der Waals surface area contributed by atoms with Gasteiger partial charge in [-0.3, -0.25) is 14.4 Å². The van der Waals surface area contributed by atoms with Gasteiger partial charge in [0.1, 0.15) is 6.04 Å². The van der Waals surface area contributed by atoms with Crippen LogP contribution in [-0.4, -0.2) is 30.3 Å². The summed E-state index contributed by atoms with van der Waals surface area (Å²) in [6, 6.07) is 8.91. The van der Waals surface area contributed by atoms with E-state index >= 15 is 0 Å². The molecule has 0 aliphatic heterocycles. The second-order valence-corrected chi connectivity index (χ2v) is 7.01. The van der Waals surface area contributed by atoms with Gasteiger partial charge in [0.25, 0.3) is 0 Å². The van der Waals surface area contributed by atoms with Crippen molar-refractivity contribution in [1.29, 1.82) is 0 Å². The largest absolute Gasteiger partial charge is 0.370 e. The van der Waals surface area contributed by atoms with Gasteiger partial charge in [0.2, 0.25) is 17.7 Å². The number of amides is 3. The van der Waals surface area contributed by atoms with Crippen LogP contribution in [0.1, 0.15) is 70.3 Å². The van der Waals surface area contributed by atoms with Gasteiger partial charge in [0, 0.05) is 13.0 Å². The van der Waals surface area contributed by atoms with Gasteiger partial charge in [0.15, 0.2) is 0 Å². The predicted molar refractivity (Wildman–Crippen MR) is 107 cm³/mol. The summed E-state index contributed by atoms with van der Waals surface area (Å²) in [5.74, 6) is -1.09.